The number of carbonyl (C=O) groups is 2. The second-order valence-electron chi connectivity index (χ2n) is 7.90. The normalized spacial score (nSPS) is 14.8. The van der Waals surface area contributed by atoms with Crippen molar-refractivity contribution in [3.05, 3.63) is 87.9 Å². The molecule has 1 aliphatic rings. The summed E-state index contributed by atoms with van der Waals surface area (Å²) in [4.78, 5) is 23.3. The van der Waals surface area contributed by atoms with Gasteiger partial charge in [0.15, 0.2) is 5.92 Å². The summed E-state index contributed by atoms with van der Waals surface area (Å²) in [7, 11) is -0.194. The Morgan fingerprint density at radius 2 is 1.32 bits per heavy atom. The molecule has 4 radical (unpaired) electrons. The fourth-order valence-corrected chi connectivity index (χ4v) is 3.32. The zero-order chi connectivity index (χ0) is 27.3. The smallest absolute Gasteiger partial charge is 0.425 e. The fourth-order valence-electron chi connectivity index (χ4n) is 3.32. The van der Waals surface area contributed by atoms with Crippen LogP contribution in [0, 0.1) is 44.4 Å². The molecule has 3 aromatic rings. The molecule has 1 aliphatic heterocycles. The molecule has 0 spiro atoms. The number of hydrogen-bond donors (Lipinski definition) is 0. The molecule has 1 fully saturated rings. The average Bonchev–Trinajstić information content (AvgIpc) is 3.61. The first-order chi connectivity index (χ1) is 17.2. The summed E-state index contributed by atoms with van der Waals surface area (Å²) in [5.74, 6) is -2.58. The third kappa shape index (κ3) is 10.00. The minimum Gasteiger partial charge on any atom is -0.425 e. The average molecular weight is 589 g/mol. The van der Waals surface area contributed by atoms with E-state index >= 15 is 0 Å². The molecule has 0 aromatic carbocycles. The van der Waals surface area contributed by atoms with Gasteiger partial charge >= 0.3 is 55.6 Å². The first-order valence-corrected chi connectivity index (χ1v) is 10.5. The SMILES string of the molecule is [C-]#[O+].[C-]#[O+].[CH2][C](C)[CH]C(C)C1C(=O)OC(C)(C)OC1=O.[Mo+2].c1cnn([B-](n2cccn2)n2cccn2)c1. The number of hydrogen-bond acceptors (Lipinski definition) is 7. The minimum atomic E-state index is -1.16. The third-order valence-corrected chi connectivity index (χ3v) is 4.56. The molecular weight excluding hydrogens is 563 g/mol. The van der Waals surface area contributed by atoms with E-state index in [-0.39, 0.29) is 34.1 Å². The van der Waals surface area contributed by atoms with Crippen molar-refractivity contribution in [1.29, 1.82) is 0 Å². The largest absolute Gasteiger partial charge is 2.00 e. The van der Waals surface area contributed by atoms with E-state index in [1.165, 1.54) is 13.8 Å². The van der Waals surface area contributed by atoms with Crippen LogP contribution in [0.5, 0.6) is 0 Å². The van der Waals surface area contributed by atoms with Gasteiger partial charge in [-0.25, -0.2) is 15.3 Å². The first-order valence-electron chi connectivity index (χ1n) is 10.5. The van der Waals surface area contributed by atoms with E-state index in [0.29, 0.717) is 0 Å². The van der Waals surface area contributed by atoms with Gasteiger partial charge in [0.05, 0.1) is 0 Å². The molecule has 4 rings (SSSR count). The number of cyclic esters (lactones) is 2. The Bertz CT molecular complexity index is 976. The van der Waals surface area contributed by atoms with Crippen LogP contribution in [-0.2, 0) is 49.4 Å². The van der Waals surface area contributed by atoms with Gasteiger partial charge in [0.2, 0.25) is 0 Å². The van der Waals surface area contributed by atoms with Crippen molar-refractivity contribution in [1.82, 2.24) is 29.1 Å². The molecule has 0 saturated carbocycles. The number of esters is 2. The van der Waals surface area contributed by atoms with Crippen molar-refractivity contribution in [3.8, 4) is 0 Å². The number of nitrogens with zero attached hydrogens (tertiary/aromatic N) is 6. The van der Waals surface area contributed by atoms with Crippen LogP contribution < -0.4 is 0 Å². The summed E-state index contributed by atoms with van der Waals surface area (Å²) in [5.41, 5.74) is 0. The predicted molar refractivity (Wildman–Crippen MR) is 124 cm³/mol. The molecular formula is C23H26BMoN6O6+. The van der Waals surface area contributed by atoms with E-state index in [4.69, 9.17) is 18.8 Å². The molecule has 0 amide bonds. The van der Waals surface area contributed by atoms with Crippen molar-refractivity contribution in [2.45, 2.75) is 33.5 Å². The van der Waals surface area contributed by atoms with Gasteiger partial charge in [0, 0.05) is 32.4 Å². The summed E-state index contributed by atoms with van der Waals surface area (Å²) in [6.45, 7) is 19.3. The van der Waals surface area contributed by atoms with Crippen LogP contribution in [0.15, 0.2) is 55.4 Å². The first kappa shape index (κ1) is 33.8. The van der Waals surface area contributed by atoms with Crippen LogP contribution in [0.3, 0.4) is 0 Å². The molecule has 0 bridgehead atoms. The quantitative estimate of drug-likeness (QED) is 0.140. The van der Waals surface area contributed by atoms with E-state index < -0.39 is 23.6 Å². The van der Waals surface area contributed by atoms with Gasteiger partial charge in [-0.3, -0.25) is 9.59 Å². The maximum atomic E-state index is 11.7. The van der Waals surface area contributed by atoms with Crippen LogP contribution >= 0.6 is 0 Å². The van der Waals surface area contributed by atoms with E-state index in [0.717, 1.165) is 5.92 Å². The number of ether oxygens (including phenoxy) is 2. The van der Waals surface area contributed by atoms with E-state index in [9.17, 15) is 9.59 Å². The summed E-state index contributed by atoms with van der Waals surface area (Å²) < 4.78 is 30.4. The Morgan fingerprint density at radius 3 is 1.59 bits per heavy atom. The summed E-state index contributed by atoms with van der Waals surface area (Å²) in [5, 5.41) is 12.7. The Hall–Kier alpha value is -3.20. The van der Waals surface area contributed by atoms with Crippen LogP contribution in [0.2, 0.25) is 0 Å². The predicted octanol–water partition coefficient (Wildman–Crippen LogP) is 1.84. The summed E-state index contributed by atoms with van der Waals surface area (Å²) in [6, 6.07) is 5.62. The summed E-state index contributed by atoms with van der Waals surface area (Å²) in [6.07, 6.45) is 12.6. The molecule has 1 saturated heterocycles. The van der Waals surface area contributed by atoms with Gasteiger partial charge in [0.25, 0.3) is 12.9 Å². The molecule has 0 N–H and O–H groups in total. The molecule has 14 heteroatoms. The van der Waals surface area contributed by atoms with E-state index in [1.807, 2.05) is 36.8 Å². The molecule has 4 heterocycles. The van der Waals surface area contributed by atoms with Crippen molar-refractivity contribution in [2.24, 2.45) is 11.8 Å². The molecule has 0 aliphatic carbocycles. The molecule has 3 aromatic heterocycles. The second-order valence-corrected chi connectivity index (χ2v) is 7.90. The number of carbonyl (C=O) groups excluding carboxylic acids is 2. The van der Waals surface area contributed by atoms with Crippen molar-refractivity contribution >= 4 is 19.1 Å². The third-order valence-electron chi connectivity index (χ3n) is 4.56. The summed E-state index contributed by atoms with van der Waals surface area (Å²) >= 11 is 0. The van der Waals surface area contributed by atoms with Crippen LogP contribution in [0.1, 0.15) is 27.7 Å². The maximum Gasteiger partial charge on any atom is 2.00 e. The van der Waals surface area contributed by atoms with Gasteiger partial charge in [-0.15, -0.1) is 0 Å². The maximum absolute atomic E-state index is 11.7. The molecule has 192 valence electrons. The van der Waals surface area contributed by atoms with Crippen molar-refractivity contribution < 1.29 is 49.4 Å². The topological polar surface area (TPSA) is 146 Å². The minimum absolute atomic E-state index is 0. The Labute approximate surface area is 230 Å². The molecule has 12 nitrogen and oxygen atoms in total. The number of rotatable bonds is 6. The van der Waals surface area contributed by atoms with Crippen LogP contribution in [-0.4, -0.2) is 53.9 Å². The Balaban J connectivity index is 0.000000603. The van der Waals surface area contributed by atoms with Gasteiger partial charge in [-0.2, -0.15) is 0 Å². The zero-order valence-electron chi connectivity index (χ0n) is 20.8. The van der Waals surface area contributed by atoms with Crippen molar-refractivity contribution in [2.75, 3.05) is 0 Å². The molecule has 37 heavy (non-hydrogen) atoms. The fraction of sp³-hybridized carbons (Fsp3) is 0.304. The second kappa shape index (κ2) is 16.5. The van der Waals surface area contributed by atoms with E-state index in [1.54, 1.807) is 52.6 Å². The van der Waals surface area contributed by atoms with Crippen molar-refractivity contribution in [3.63, 3.8) is 0 Å². The standard InChI is InChI=1S/C12H17O4.C9H9BN6.2CO.Mo/c1-7(2)6-8(3)9-10(13)15-12(4,5)16-11(9)14;1-4-11-14(7-1)10(15-8-2-5-12-15)16-9-3-6-13-16;2*1-2;/h6,8-9H,1H2,2-5H3;1-9H;;;/q;-1;;;+2. The van der Waals surface area contributed by atoms with Gasteiger partial charge < -0.3 is 23.3 Å². The number of aromatic nitrogens is 6. The van der Waals surface area contributed by atoms with E-state index in [2.05, 4.69) is 35.5 Å². The van der Waals surface area contributed by atoms with Gasteiger partial charge in [-0.05, 0) is 62.0 Å². The molecule has 1 atom stereocenters. The molecule has 1 unspecified atom stereocenters. The Morgan fingerprint density at radius 1 is 0.973 bits per heavy atom. The van der Waals surface area contributed by atoms with Crippen LogP contribution in [0.4, 0.5) is 0 Å². The van der Waals surface area contributed by atoms with Gasteiger partial charge in [0.1, 0.15) is 0 Å². The Kier molecular flexibility index (Phi) is 15.1. The zero-order valence-corrected chi connectivity index (χ0v) is 22.8. The van der Waals surface area contributed by atoms with Gasteiger partial charge in [-0.1, -0.05) is 13.8 Å². The van der Waals surface area contributed by atoms with Crippen LogP contribution in [0.25, 0.3) is 0 Å². The monoisotopic (exact) mass is 591 g/mol.